The van der Waals surface area contributed by atoms with E-state index in [0.29, 0.717) is 25.6 Å². The Hall–Kier alpha value is -1.91. The largest absolute Gasteiger partial charge is 0.365 e. The summed E-state index contributed by atoms with van der Waals surface area (Å²) in [4.78, 5) is 6.44. The van der Waals surface area contributed by atoms with Gasteiger partial charge in [-0.3, -0.25) is 4.68 Å². The van der Waals surface area contributed by atoms with Crippen molar-refractivity contribution in [1.82, 2.24) is 20.4 Å². The maximum absolute atomic E-state index is 14.1. The number of anilines is 1. The fourth-order valence-electron chi connectivity index (χ4n) is 3.59. The molecule has 1 aliphatic heterocycles. The fourth-order valence-corrected chi connectivity index (χ4v) is 3.59. The highest BCUT2D eigenvalue weighted by molar-refractivity contribution is 14.0. The number of guanidine groups is 1. The van der Waals surface area contributed by atoms with Gasteiger partial charge in [0.15, 0.2) is 5.96 Å². The van der Waals surface area contributed by atoms with E-state index in [9.17, 15) is 8.78 Å². The van der Waals surface area contributed by atoms with Crippen LogP contribution in [0.5, 0.6) is 0 Å². The van der Waals surface area contributed by atoms with E-state index in [4.69, 9.17) is 0 Å². The first-order valence-corrected chi connectivity index (χ1v) is 9.63. The van der Waals surface area contributed by atoms with Gasteiger partial charge in [-0.2, -0.15) is 5.10 Å². The van der Waals surface area contributed by atoms with Crippen LogP contribution < -0.4 is 15.5 Å². The lowest BCUT2D eigenvalue weighted by atomic mass is 10.2. The molecule has 0 saturated carbocycles. The zero-order valence-corrected chi connectivity index (χ0v) is 19.6. The monoisotopic (exact) mass is 518 g/mol. The summed E-state index contributed by atoms with van der Waals surface area (Å²) in [6.45, 7) is 8.39. The Labute approximate surface area is 187 Å². The van der Waals surface area contributed by atoms with E-state index in [2.05, 4.69) is 20.7 Å². The number of rotatable bonds is 5. The molecule has 0 amide bonds. The van der Waals surface area contributed by atoms with Gasteiger partial charge in [0.1, 0.15) is 17.3 Å². The molecule has 9 heteroatoms. The number of hydrogen-bond donors (Lipinski definition) is 2. The standard InChI is InChI=1S/C20H28F2N6.HI/c1-5-23-20(24-11-16-13(2)26-27(4)14(16)3)25-15-9-10-28(12-15)19-17(21)7-6-8-18(19)22;/h6-8,15H,5,9-12H2,1-4H3,(H2,23,24,25);1H. The molecule has 1 unspecified atom stereocenters. The fraction of sp³-hybridized carbons (Fsp3) is 0.500. The first kappa shape index (κ1) is 23.4. The van der Waals surface area contributed by atoms with E-state index >= 15 is 0 Å². The third-order valence-corrected chi connectivity index (χ3v) is 5.18. The van der Waals surface area contributed by atoms with Crippen LogP contribution in [0.15, 0.2) is 23.2 Å². The van der Waals surface area contributed by atoms with Crippen molar-refractivity contribution in [2.45, 2.75) is 39.8 Å². The number of aromatic nitrogens is 2. The van der Waals surface area contributed by atoms with Gasteiger partial charge in [0.25, 0.3) is 0 Å². The van der Waals surface area contributed by atoms with Crippen LogP contribution in [-0.4, -0.2) is 41.4 Å². The molecular weight excluding hydrogens is 489 g/mol. The lowest BCUT2D eigenvalue weighted by molar-refractivity contribution is 0.576. The first-order chi connectivity index (χ1) is 13.4. The molecule has 160 valence electrons. The first-order valence-electron chi connectivity index (χ1n) is 9.63. The Morgan fingerprint density at radius 3 is 2.55 bits per heavy atom. The Kier molecular flexibility index (Phi) is 8.23. The van der Waals surface area contributed by atoms with Crippen molar-refractivity contribution < 1.29 is 8.78 Å². The second-order valence-corrected chi connectivity index (χ2v) is 7.11. The van der Waals surface area contributed by atoms with Crippen molar-refractivity contribution in [3.8, 4) is 0 Å². The van der Waals surface area contributed by atoms with Crippen molar-refractivity contribution in [3.63, 3.8) is 0 Å². The molecule has 2 N–H and O–H groups in total. The molecule has 1 atom stereocenters. The van der Waals surface area contributed by atoms with Gasteiger partial charge in [0.2, 0.25) is 0 Å². The molecule has 2 heterocycles. The van der Waals surface area contributed by atoms with E-state index in [0.717, 1.165) is 29.9 Å². The normalized spacial score (nSPS) is 16.7. The van der Waals surface area contributed by atoms with Crippen LogP contribution in [0.2, 0.25) is 0 Å². The molecule has 0 radical (unpaired) electrons. The number of halogens is 3. The van der Waals surface area contributed by atoms with Crippen LogP contribution in [0.1, 0.15) is 30.3 Å². The number of aliphatic imine (C=N–C) groups is 1. The minimum absolute atomic E-state index is 0. The SMILES string of the molecule is CCNC(=NCc1c(C)nn(C)c1C)NC1CCN(c2c(F)cccc2F)C1.I. The Bertz CT molecular complexity index is 847. The molecular formula is C20H29F2IN6. The zero-order valence-electron chi connectivity index (χ0n) is 17.3. The number of hydrogen-bond acceptors (Lipinski definition) is 3. The third kappa shape index (κ3) is 5.37. The molecule has 1 aromatic carbocycles. The number of para-hydroxylation sites is 1. The Morgan fingerprint density at radius 1 is 1.28 bits per heavy atom. The smallest absolute Gasteiger partial charge is 0.191 e. The molecule has 6 nitrogen and oxygen atoms in total. The second kappa shape index (κ2) is 10.2. The van der Waals surface area contributed by atoms with Crippen molar-refractivity contribution in [1.29, 1.82) is 0 Å². The van der Waals surface area contributed by atoms with Crippen LogP contribution in [0.4, 0.5) is 14.5 Å². The van der Waals surface area contributed by atoms with Crippen molar-refractivity contribution in [2.75, 3.05) is 24.5 Å². The molecule has 1 aromatic heterocycles. The summed E-state index contributed by atoms with van der Waals surface area (Å²) in [7, 11) is 1.92. The van der Waals surface area contributed by atoms with Gasteiger partial charge >= 0.3 is 0 Å². The Balaban J connectivity index is 0.00000300. The highest BCUT2D eigenvalue weighted by Crippen LogP contribution is 2.26. The topological polar surface area (TPSA) is 57.5 Å². The molecule has 2 aromatic rings. The minimum atomic E-state index is -0.524. The number of nitrogens with zero attached hydrogens (tertiary/aromatic N) is 4. The zero-order chi connectivity index (χ0) is 20.3. The van der Waals surface area contributed by atoms with Gasteiger partial charge in [-0.25, -0.2) is 13.8 Å². The lowest BCUT2D eigenvalue weighted by Gasteiger charge is -2.21. The predicted octanol–water partition coefficient (Wildman–Crippen LogP) is 3.27. The van der Waals surface area contributed by atoms with Gasteiger partial charge in [-0.1, -0.05) is 6.07 Å². The summed E-state index contributed by atoms with van der Waals surface area (Å²) in [6, 6.07) is 4.04. The van der Waals surface area contributed by atoms with Crippen molar-refractivity contribution in [2.24, 2.45) is 12.0 Å². The Morgan fingerprint density at radius 2 is 1.97 bits per heavy atom. The predicted molar refractivity (Wildman–Crippen MR) is 123 cm³/mol. The molecule has 0 spiro atoms. The average Bonchev–Trinajstić information content (AvgIpc) is 3.18. The number of benzene rings is 1. The van der Waals surface area contributed by atoms with Crippen LogP contribution in [-0.2, 0) is 13.6 Å². The molecule has 1 saturated heterocycles. The minimum Gasteiger partial charge on any atom is -0.365 e. The molecule has 3 rings (SSSR count). The summed E-state index contributed by atoms with van der Waals surface area (Å²) in [6.07, 6.45) is 0.781. The highest BCUT2D eigenvalue weighted by atomic mass is 127. The summed E-state index contributed by atoms with van der Waals surface area (Å²) in [5.41, 5.74) is 3.23. The number of aryl methyl sites for hydroxylation is 2. The quantitative estimate of drug-likeness (QED) is 0.363. The van der Waals surface area contributed by atoms with Crippen LogP contribution in [0.25, 0.3) is 0 Å². The maximum atomic E-state index is 14.1. The van der Waals surface area contributed by atoms with Crippen molar-refractivity contribution in [3.05, 3.63) is 46.8 Å². The van der Waals surface area contributed by atoms with Gasteiger partial charge in [-0.15, -0.1) is 24.0 Å². The van der Waals surface area contributed by atoms with E-state index in [-0.39, 0.29) is 35.7 Å². The van der Waals surface area contributed by atoms with Gasteiger partial charge in [0, 0.05) is 44.0 Å². The average molecular weight is 518 g/mol. The molecule has 1 aliphatic rings. The number of nitrogens with one attached hydrogen (secondary N) is 2. The van der Waals surface area contributed by atoms with Crippen LogP contribution >= 0.6 is 24.0 Å². The van der Waals surface area contributed by atoms with E-state index in [1.54, 1.807) is 4.90 Å². The van der Waals surface area contributed by atoms with E-state index < -0.39 is 11.6 Å². The summed E-state index contributed by atoms with van der Waals surface area (Å²) < 4.78 is 30.0. The van der Waals surface area contributed by atoms with Gasteiger partial charge < -0.3 is 15.5 Å². The van der Waals surface area contributed by atoms with Crippen molar-refractivity contribution >= 4 is 35.6 Å². The maximum Gasteiger partial charge on any atom is 0.191 e. The molecule has 1 fully saturated rings. The molecule has 0 bridgehead atoms. The van der Waals surface area contributed by atoms with Gasteiger partial charge in [0.05, 0.1) is 12.2 Å². The van der Waals surface area contributed by atoms with Crippen LogP contribution in [0.3, 0.4) is 0 Å². The highest BCUT2D eigenvalue weighted by Gasteiger charge is 2.27. The lowest BCUT2D eigenvalue weighted by Crippen LogP contribution is -2.44. The summed E-state index contributed by atoms with van der Waals surface area (Å²) in [5, 5.41) is 11.1. The van der Waals surface area contributed by atoms with E-state index in [1.165, 1.54) is 18.2 Å². The van der Waals surface area contributed by atoms with Gasteiger partial charge in [-0.05, 0) is 39.3 Å². The summed E-state index contributed by atoms with van der Waals surface area (Å²) in [5.74, 6) is -0.349. The molecule has 29 heavy (non-hydrogen) atoms. The molecule has 0 aliphatic carbocycles. The third-order valence-electron chi connectivity index (χ3n) is 5.18. The van der Waals surface area contributed by atoms with Crippen LogP contribution in [0, 0.1) is 25.5 Å². The van der Waals surface area contributed by atoms with E-state index in [1.807, 2.05) is 32.5 Å². The second-order valence-electron chi connectivity index (χ2n) is 7.11. The summed E-state index contributed by atoms with van der Waals surface area (Å²) >= 11 is 0.